The van der Waals surface area contributed by atoms with Crippen molar-refractivity contribution in [3.05, 3.63) is 42.5 Å². The van der Waals surface area contributed by atoms with Crippen molar-refractivity contribution in [1.29, 1.82) is 0 Å². The number of para-hydroxylation sites is 1. The van der Waals surface area contributed by atoms with Crippen molar-refractivity contribution >= 4 is 40.2 Å². The maximum atomic E-state index is 11.4. The van der Waals surface area contributed by atoms with Crippen molar-refractivity contribution in [3.8, 4) is 0 Å². The van der Waals surface area contributed by atoms with Crippen LogP contribution in [0.3, 0.4) is 0 Å². The van der Waals surface area contributed by atoms with Crippen LogP contribution in [-0.4, -0.2) is 36.5 Å². The van der Waals surface area contributed by atoms with Gasteiger partial charge in [0.15, 0.2) is 17.0 Å². The van der Waals surface area contributed by atoms with Crippen LogP contribution in [0, 0.1) is 5.92 Å². The molecular formula is C17H18ClN5O2. The molecule has 0 amide bonds. The van der Waals surface area contributed by atoms with Gasteiger partial charge in [0, 0.05) is 12.4 Å². The highest BCUT2D eigenvalue weighted by Crippen LogP contribution is 2.24. The highest BCUT2D eigenvalue weighted by atomic mass is 35.5. The first-order valence-corrected chi connectivity index (χ1v) is 8.44. The number of nitrogens with zero attached hydrogens (tertiary/aromatic N) is 4. The van der Waals surface area contributed by atoms with E-state index in [1.165, 1.54) is 12.4 Å². The molecule has 0 radical (unpaired) electrons. The first-order chi connectivity index (χ1) is 12.1. The normalized spacial score (nSPS) is 12.2. The van der Waals surface area contributed by atoms with Gasteiger partial charge >= 0.3 is 5.97 Å². The number of carboxylic acid groups (broad SMARTS) is 1. The Labute approximate surface area is 149 Å². The van der Waals surface area contributed by atoms with Crippen LogP contribution >= 0.6 is 11.6 Å². The van der Waals surface area contributed by atoms with Gasteiger partial charge in [-0.15, -0.1) is 11.6 Å². The molecule has 1 atom stereocenters. The van der Waals surface area contributed by atoms with Crippen molar-refractivity contribution in [2.45, 2.75) is 19.9 Å². The molecule has 0 fully saturated rings. The van der Waals surface area contributed by atoms with E-state index in [-0.39, 0.29) is 5.56 Å². The Kier molecular flexibility index (Phi) is 5.14. The van der Waals surface area contributed by atoms with Crippen LogP contribution in [0.5, 0.6) is 0 Å². The predicted octanol–water partition coefficient (Wildman–Crippen LogP) is 3.53. The highest BCUT2D eigenvalue weighted by Gasteiger charge is 2.15. The van der Waals surface area contributed by atoms with Crippen LogP contribution in [0.15, 0.2) is 36.9 Å². The number of aromatic carboxylic acids is 1. The van der Waals surface area contributed by atoms with Gasteiger partial charge in [0.25, 0.3) is 0 Å². The average Bonchev–Trinajstić information content (AvgIpc) is 2.99. The largest absolute Gasteiger partial charge is 0.478 e. The van der Waals surface area contributed by atoms with Gasteiger partial charge in [0.05, 0.1) is 17.6 Å². The molecule has 25 heavy (non-hydrogen) atoms. The van der Waals surface area contributed by atoms with Crippen molar-refractivity contribution in [2.24, 2.45) is 5.92 Å². The monoisotopic (exact) mass is 359 g/mol. The number of nitrogens with one attached hydrogen (secondary N) is 1. The molecule has 1 aromatic carbocycles. The fourth-order valence-electron chi connectivity index (χ4n) is 2.63. The van der Waals surface area contributed by atoms with E-state index in [1.807, 2.05) is 4.57 Å². The summed E-state index contributed by atoms with van der Waals surface area (Å²) >= 11 is 5.80. The van der Waals surface area contributed by atoms with E-state index < -0.39 is 5.97 Å². The lowest BCUT2D eigenvalue weighted by molar-refractivity contribution is 0.0698. The molecule has 0 saturated heterocycles. The topological polar surface area (TPSA) is 92.9 Å². The van der Waals surface area contributed by atoms with Gasteiger partial charge < -0.3 is 15.0 Å². The number of carbonyl (C=O) groups is 1. The summed E-state index contributed by atoms with van der Waals surface area (Å²) in [6, 6.07) is 6.67. The van der Waals surface area contributed by atoms with E-state index >= 15 is 0 Å². The summed E-state index contributed by atoms with van der Waals surface area (Å²) < 4.78 is 1.96. The second-order valence-corrected chi connectivity index (χ2v) is 6.23. The first kappa shape index (κ1) is 17.2. The number of aromatic nitrogens is 4. The quantitative estimate of drug-likeness (QED) is 0.627. The van der Waals surface area contributed by atoms with Gasteiger partial charge in [-0.2, -0.15) is 0 Å². The van der Waals surface area contributed by atoms with E-state index in [0.29, 0.717) is 34.5 Å². The lowest BCUT2D eigenvalue weighted by Gasteiger charge is -2.11. The van der Waals surface area contributed by atoms with Gasteiger partial charge in [-0.05, 0) is 24.5 Å². The summed E-state index contributed by atoms with van der Waals surface area (Å²) in [6.07, 6.45) is 4.07. The molecule has 0 aliphatic carbocycles. The molecule has 3 rings (SSSR count). The number of hydrogen-bond donors (Lipinski definition) is 2. The fraction of sp³-hybridized carbons (Fsp3) is 0.294. The minimum Gasteiger partial charge on any atom is -0.478 e. The van der Waals surface area contributed by atoms with Crippen molar-refractivity contribution in [2.75, 3.05) is 11.2 Å². The number of rotatable bonds is 7. The molecule has 2 heterocycles. The van der Waals surface area contributed by atoms with Crippen LogP contribution in [0.25, 0.3) is 11.2 Å². The zero-order valence-corrected chi connectivity index (χ0v) is 14.4. The molecule has 3 aromatic rings. The summed E-state index contributed by atoms with van der Waals surface area (Å²) in [6.45, 7) is 2.88. The third kappa shape index (κ3) is 3.71. The Morgan fingerprint density at radius 1 is 1.32 bits per heavy atom. The summed E-state index contributed by atoms with van der Waals surface area (Å²) in [4.78, 5) is 24.3. The van der Waals surface area contributed by atoms with E-state index in [0.717, 1.165) is 13.0 Å². The molecule has 0 bridgehead atoms. The van der Waals surface area contributed by atoms with Gasteiger partial charge in [-0.1, -0.05) is 19.1 Å². The molecular weight excluding hydrogens is 342 g/mol. The van der Waals surface area contributed by atoms with Gasteiger partial charge in [-0.25, -0.2) is 19.7 Å². The third-order valence-electron chi connectivity index (χ3n) is 3.92. The number of fused-ring (bicyclic) bond motifs is 1. The molecule has 1 unspecified atom stereocenters. The Morgan fingerprint density at radius 3 is 2.88 bits per heavy atom. The number of halogens is 1. The maximum absolute atomic E-state index is 11.4. The molecule has 2 N–H and O–H groups in total. The van der Waals surface area contributed by atoms with Gasteiger partial charge in [0.1, 0.15) is 6.33 Å². The number of imidazole rings is 1. The fourth-order valence-corrected chi connectivity index (χ4v) is 3.00. The Bertz CT molecular complexity index is 896. The first-order valence-electron chi connectivity index (χ1n) is 7.91. The minimum atomic E-state index is -1.01. The summed E-state index contributed by atoms with van der Waals surface area (Å²) in [5.41, 5.74) is 1.93. The molecule has 2 aromatic heterocycles. The summed E-state index contributed by atoms with van der Waals surface area (Å²) in [5, 5.41) is 12.4. The maximum Gasteiger partial charge on any atom is 0.337 e. The molecule has 0 spiro atoms. The lowest BCUT2D eigenvalue weighted by atomic mass is 10.1. The number of carboxylic acids is 1. The molecule has 0 aliphatic rings. The summed E-state index contributed by atoms with van der Waals surface area (Å²) in [7, 11) is 0. The van der Waals surface area contributed by atoms with Crippen molar-refractivity contribution in [1.82, 2.24) is 19.5 Å². The Hall–Kier alpha value is -2.67. The number of benzene rings is 1. The average molecular weight is 360 g/mol. The van der Waals surface area contributed by atoms with Gasteiger partial charge in [-0.3, -0.25) is 0 Å². The zero-order chi connectivity index (χ0) is 17.8. The lowest BCUT2D eigenvalue weighted by Crippen LogP contribution is -2.08. The molecule has 0 aliphatic heterocycles. The number of hydrogen-bond acceptors (Lipinski definition) is 5. The molecule has 130 valence electrons. The van der Waals surface area contributed by atoms with Crippen molar-refractivity contribution in [3.63, 3.8) is 0 Å². The molecule has 0 saturated carbocycles. The van der Waals surface area contributed by atoms with E-state index in [1.54, 1.807) is 24.5 Å². The van der Waals surface area contributed by atoms with Crippen LogP contribution < -0.4 is 5.32 Å². The van der Waals surface area contributed by atoms with Crippen LogP contribution in [0.1, 0.15) is 23.7 Å². The zero-order valence-electron chi connectivity index (χ0n) is 13.7. The van der Waals surface area contributed by atoms with E-state index in [2.05, 4.69) is 27.2 Å². The van der Waals surface area contributed by atoms with Gasteiger partial charge in [0.2, 0.25) is 0 Å². The van der Waals surface area contributed by atoms with E-state index in [4.69, 9.17) is 11.6 Å². The number of alkyl halides is 1. The predicted molar refractivity (Wildman–Crippen MR) is 96.5 cm³/mol. The molecule has 8 heteroatoms. The number of anilines is 2. The van der Waals surface area contributed by atoms with Crippen molar-refractivity contribution < 1.29 is 9.90 Å². The Balaban J connectivity index is 1.94. The second-order valence-electron chi connectivity index (χ2n) is 5.85. The third-order valence-corrected chi connectivity index (χ3v) is 4.14. The van der Waals surface area contributed by atoms with E-state index in [9.17, 15) is 9.90 Å². The standard InChI is InChI=1S/C17H18ClN5O2/c1-11(6-7-18)8-23-10-21-14-15(19-9-20-16(14)23)22-13-5-3-2-4-12(13)17(24)25/h2-5,9-11H,6-8H2,1H3,(H,24,25)(H,19,20,22). The van der Waals surface area contributed by atoms with Crippen LogP contribution in [0.2, 0.25) is 0 Å². The second kappa shape index (κ2) is 7.48. The van der Waals surface area contributed by atoms with Crippen LogP contribution in [-0.2, 0) is 6.54 Å². The highest BCUT2D eigenvalue weighted by molar-refractivity contribution is 6.17. The van der Waals surface area contributed by atoms with Crippen LogP contribution in [0.4, 0.5) is 11.5 Å². The SMILES string of the molecule is CC(CCCl)Cn1cnc2c(Nc3ccccc3C(=O)O)ncnc21. The smallest absolute Gasteiger partial charge is 0.337 e. The minimum absolute atomic E-state index is 0.171. The Morgan fingerprint density at radius 2 is 2.12 bits per heavy atom. The molecule has 7 nitrogen and oxygen atoms in total. The summed E-state index contributed by atoms with van der Waals surface area (Å²) in [5.74, 6) is 0.479.